The Hall–Kier alpha value is -1.51. The molecule has 0 aromatic heterocycles. The fourth-order valence-corrected chi connectivity index (χ4v) is 2.86. The number of ether oxygens (including phenoxy) is 1. The van der Waals surface area contributed by atoms with Gasteiger partial charge in [0.2, 0.25) is 0 Å². The molecule has 0 radical (unpaired) electrons. The highest BCUT2D eigenvalue weighted by Crippen LogP contribution is 2.54. The lowest BCUT2D eigenvalue weighted by Gasteiger charge is -2.21. The molecule has 0 atom stereocenters. The van der Waals surface area contributed by atoms with Crippen LogP contribution >= 0.6 is 0 Å². The zero-order valence-corrected chi connectivity index (χ0v) is 12.2. The van der Waals surface area contributed by atoms with Gasteiger partial charge in [0.15, 0.2) is 0 Å². The van der Waals surface area contributed by atoms with E-state index in [-0.39, 0.29) is 11.8 Å². The first-order chi connectivity index (χ1) is 9.52. The second-order valence-electron chi connectivity index (χ2n) is 6.49. The van der Waals surface area contributed by atoms with E-state index in [4.69, 9.17) is 9.84 Å². The van der Waals surface area contributed by atoms with E-state index in [0.717, 1.165) is 30.8 Å². The van der Waals surface area contributed by atoms with Crippen LogP contribution in [0.5, 0.6) is 5.75 Å². The van der Waals surface area contributed by atoms with Crippen LogP contribution in [0.15, 0.2) is 12.1 Å². The van der Waals surface area contributed by atoms with Crippen LogP contribution < -0.4 is 4.74 Å². The van der Waals surface area contributed by atoms with Crippen LogP contribution in [0.3, 0.4) is 0 Å². The van der Waals surface area contributed by atoms with Crippen LogP contribution in [0.25, 0.3) is 0 Å². The van der Waals surface area contributed by atoms with E-state index in [1.807, 2.05) is 0 Å². The summed E-state index contributed by atoms with van der Waals surface area (Å²) < 4.78 is 6.09. The quantitative estimate of drug-likeness (QED) is 0.862. The lowest BCUT2D eigenvalue weighted by atomic mass is 9.89. The molecule has 1 aromatic carbocycles. The highest BCUT2D eigenvalue weighted by Gasteiger charge is 2.48. The third-order valence-electron chi connectivity index (χ3n) is 4.75. The molecule has 0 bridgehead atoms. The molecule has 0 aliphatic heterocycles. The number of hydrogen-bond donors (Lipinski definition) is 1. The van der Waals surface area contributed by atoms with Gasteiger partial charge >= 0.3 is 5.97 Å². The Morgan fingerprint density at radius 3 is 2.60 bits per heavy atom. The summed E-state index contributed by atoms with van der Waals surface area (Å²) in [6, 6.07) is 4.18. The second kappa shape index (κ2) is 4.80. The molecule has 1 aromatic rings. The van der Waals surface area contributed by atoms with Gasteiger partial charge in [-0.05, 0) is 56.6 Å². The summed E-state index contributed by atoms with van der Waals surface area (Å²) in [7, 11) is 0. The van der Waals surface area contributed by atoms with E-state index < -0.39 is 5.97 Å². The maximum atomic E-state index is 11.1. The molecule has 20 heavy (non-hydrogen) atoms. The van der Waals surface area contributed by atoms with Gasteiger partial charge in [-0.3, -0.25) is 4.79 Å². The lowest BCUT2D eigenvalue weighted by molar-refractivity contribution is -0.137. The molecule has 2 aliphatic carbocycles. The first-order valence-electron chi connectivity index (χ1n) is 7.47. The average Bonchev–Trinajstić information content (AvgIpc) is 3.26. The van der Waals surface area contributed by atoms with Gasteiger partial charge in [-0.25, -0.2) is 0 Å². The van der Waals surface area contributed by atoms with Crippen molar-refractivity contribution in [2.45, 2.75) is 51.4 Å². The van der Waals surface area contributed by atoms with Crippen molar-refractivity contribution in [3.8, 4) is 5.75 Å². The third-order valence-corrected chi connectivity index (χ3v) is 4.75. The largest absolute Gasteiger partial charge is 0.493 e. The van der Waals surface area contributed by atoms with E-state index in [0.29, 0.717) is 5.92 Å². The van der Waals surface area contributed by atoms with Crippen molar-refractivity contribution in [3.05, 3.63) is 28.8 Å². The van der Waals surface area contributed by atoms with E-state index in [2.05, 4.69) is 26.0 Å². The van der Waals surface area contributed by atoms with Gasteiger partial charge in [-0.2, -0.15) is 0 Å². The van der Waals surface area contributed by atoms with Gasteiger partial charge in [0.05, 0.1) is 13.0 Å². The van der Waals surface area contributed by atoms with Crippen LogP contribution in [-0.2, 0) is 10.2 Å². The maximum absolute atomic E-state index is 11.1. The number of carbonyl (C=O) groups is 1. The SMILES string of the molecule is Cc1ccc(C2(CC(=O)O)CC2)c(OCC2CC2)c1C. The molecule has 0 amide bonds. The van der Waals surface area contributed by atoms with Crippen molar-refractivity contribution < 1.29 is 14.6 Å². The van der Waals surface area contributed by atoms with E-state index >= 15 is 0 Å². The molecular formula is C17H22O3. The Balaban J connectivity index is 1.92. The number of carboxylic acid groups (broad SMARTS) is 1. The molecular weight excluding hydrogens is 252 g/mol. The van der Waals surface area contributed by atoms with Crippen molar-refractivity contribution in [3.63, 3.8) is 0 Å². The van der Waals surface area contributed by atoms with Crippen LogP contribution in [-0.4, -0.2) is 17.7 Å². The fraction of sp³-hybridized carbons (Fsp3) is 0.588. The monoisotopic (exact) mass is 274 g/mol. The number of benzene rings is 1. The van der Waals surface area contributed by atoms with Crippen LogP contribution in [0, 0.1) is 19.8 Å². The molecule has 3 nitrogen and oxygen atoms in total. The number of aliphatic carboxylic acids is 1. The molecule has 2 saturated carbocycles. The van der Waals surface area contributed by atoms with Crippen molar-refractivity contribution >= 4 is 5.97 Å². The normalized spacial score (nSPS) is 19.7. The Kier molecular flexibility index (Phi) is 3.23. The maximum Gasteiger partial charge on any atom is 0.304 e. The minimum Gasteiger partial charge on any atom is -0.493 e. The van der Waals surface area contributed by atoms with E-state index in [9.17, 15) is 4.79 Å². The van der Waals surface area contributed by atoms with Gasteiger partial charge in [-0.15, -0.1) is 0 Å². The van der Waals surface area contributed by atoms with Crippen molar-refractivity contribution in [2.75, 3.05) is 6.61 Å². The average molecular weight is 274 g/mol. The number of carboxylic acids is 1. The predicted molar refractivity (Wildman–Crippen MR) is 77.3 cm³/mol. The summed E-state index contributed by atoms with van der Waals surface area (Å²) >= 11 is 0. The third kappa shape index (κ3) is 2.54. The van der Waals surface area contributed by atoms with Gasteiger partial charge in [0, 0.05) is 11.0 Å². The molecule has 0 saturated heterocycles. The highest BCUT2D eigenvalue weighted by atomic mass is 16.5. The standard InChI is InChI=1S/C17H22O3/c1-11-3-6-14(17(7-8-17)9-15(18)19)16(12(11)2)20-10-13-4-5-13/h3,6,13H,4-5,7-10H2,1-2H3,(H,18,19). The first kappa shape index (κ1) is 13.5. The van der Waals surface area contributed by atoms with E-state index in [1.54, 1.807) is 0 Å². The van der Waals surface area contributed by atoms with Crippen molar-refractivity contribution in [1.82, 2.24) is 0 Å². The summed E-state index contributed by atoms with van der Waals surface area (Å²) in [6.07, 6.45) is 4.67. The Morgan fingerprint density at radius 2 is 2.05 bits per heavy atom. The molecule has 2 aliphatic rings. The molecule has 0 unspecified atom stereocenters. The topological polar surface area (TPSA) is 46.5 Å². The Labute approximate surface area is 120 Å². The lowest BCUT2D eigenvalue weighted by Crippen LogP contribution is -2.16. The van der Waals surface area contributed by atoms with Gasteiger partial charge < -0.3 is 9.84 Å². The number of aryl methyl sites for hydroxylation is 1. The molecule has 0 heterocycles. The first-order valence-corrected chi connectivity index (χ1v) is 7.47. The molecule has 3 heteroatoms. The second-order valence-corrected chi connectivity index (χ2v) is 6.49. The van der Waals surface area contributed by atoms with Gasteiger partial charge in [0.1, 0.15) is 5.75 Å². The summed E-state index contributed by atoms with van der Waals surface area (Å²) in [5, 5.41) is 9.15. The summed E-state index contributed by atoms with van der Waals surface area (Å²) in [4.78, 5) is 11.1. The minimum absolute atomic E-state index is 0.177. The molecule has 108 valence electrons. The minimum atomic E-state index is -0.714. The van der Waals surface area contributed by atoms with Crippen LogP contribution in [0.4, 0.5) is 0 Å². The molecule has 0 spiro atoms. The smallest absolute Gasteiger partial charge is 0.304 e. The summed E-state index contributed by atoms with van der Waals surface area (Å²) in [6.45, 7) is 4.94. The number of rotatable bonds is 6. The van der Waals surface area contributed by atoms with Gasteiger partial charge in [-0.1, -0.05) is 12.1 Å². The zero-order chi connectivity index (χ0) is 14.3. The molecule has 3 rings (SSSR count). The number of hydrogen-bond acceptors (Lipinski definition) is 2. The van der Waals surface area contributed by atoms with Crippen molar-refractivity contribution in [1.29, 1.82) is 0 Å². The van der Waals surface area contributed by atoms with Crippen molar-refractivity contribution in [2.24, 2.45) is 5.92 Å². The van der Waals surface area contributed by atoms with E-state index in [1.165, 1.54) is 24.0 Å². The predicted octanol–water partition coefficient (Wildman–Crippen LogP) is 3.60. The van der Waals surface area contributed by atoms with Crippen LogP contribution in [0.1, 0.15) is 48.8 Å². The summed E-state index contributed by atoms with van der Waals surface area (Å²) in [5.41, 5.74) is 3.32. The molecule has 1 N–H and O–H groups in total. The summed E-state index contributed by atoms with van der Waals surface area (Å²) in [5.74, 6) is 0.946. The fourth-order valence-electron chi connectivity index (χ4n) is 2.86. The Bertz CT molecular complexity index is 539. The Morgan fingerprint density at radius 1 is 1.35 bits per heavy atom. The molecule has 2 fully saturated rings. The van der Waals surface area contributed by atoms with Crippen LogP contribution in [0.2, 0.25) is 0 Å². The highest BCUT2D eigenvalue weighted by molar-refractivity contribution is 5.71. The zero-order valence-electron chi connectivity index (χ0n) is 12.2. The van der Waals surface area contributed by atoms with Gasteiger partial charge in [0.25, 0.3) is 0 Å².